The summed E-state index contributed by atoms with van der Waals surface area (Å²) in [6.45, 7) is 7.22. The number of carbonyl (C=O) groups is 2. The summed E-state index contributed by atoms with van der Waals surface area (Å²) in [5, 5.41) is 10.9. The van der Waals surface area contributed by atoms with Gasteiger partial charge in [-0.25, -0.2) is 0 Å². The molecule has 2 aromatic rings. The predicted molar refractivity (Wildman–Crippen MR) is 115 cm³/mol. The van der Waals surface area contributed by atoms with E-state index in [0.29, 0.717) is 25.1 Å². The van der Waals surface area contributed by atoms with Crippen LogP contribution in [0.5, 0.6) is 0 Å². The van der Waals surface area contributed by atoms with Gasteiger partial charge in [0.05, 0.1) is 11.6 Å². The lowest BCUT2D eigenvalue weighted by Gasteiger charge is -2.26. The van der Waals surface area contributed by atoms with Crippen molar-refractivity contribution in [2.45, 2.75) is 38.6 Å². The largest absolute Gasteiger partial charge is 0.507 e. The maximum Gasteiger partial charge on any atom is 0.295 e. The smallest absolute Gasteiger partial charge is 0.295 e. The van der Waals surface area contributed by atoms with E-state index in [9.17, 15) is 14.7 Å². The molecular weight excluding hydrogens is 380 g/mol. The molecule has 2 heterocycles. The molecule has 1 N–H and O–H groups in total. The molecular formula is C24H28N2O4. The Morgan fingerprint density at radius 2 is 1.73 bits per heavy atom. The van der Waals surface area contributed by atoms with Crippen molar-refractivity contribution in [1.29, 1.82) is 0 Å². The third kappa shape index (κ3) is 4.28. The van der Waals surface area contributed by atoms with E-state index in [4.69, 9.17) is 4.74 Å². The van der Waals surface area contributed by atoms with E-state index in [0.717, 1.165) is 11.1 Å². The Labute approximate surface area is 177 Å². The molecule has 1 aliphatic heterocycles. The van der Waals surface area contributed by atoms with E-state index in [1.807, 2.05) is 24.3 Å². The van der Waals surface area contributed by atoms with Crippen molar-refractivity contribution in [3.8, 4) is 0 Å². The van der Waals surface area contributed by atoms with E-state index in [2.05, 4.69) is 25.8 Å². The van der Waals surface area contributed by atoms with Crippen molar-refractivity contribution in [2.24, 2.45) is 0 Å². The zero-order valence-corrected chi connectivity index (χ0v) is 17.9. The van der Waals surface area contributed by atoms with Crippen molar-refractivity contribution in [3.05, 3.63) is 71.1 Å². The van der Waals surface area contributed by atoms with E-state index in [1.165, 1.54) is 17.3 Å². The van der Waals surface area contributed by atoms with Gasteiger partial charge in [-0.05, 0) is 35.1 Å². The van der Waals surface area contributed by atoms with Crippen molar-refractivity contribution in [1.82, 2.24) is 9.88 Å². The molecule has 6 heteroatoms. The highest BCUT2D eigenvalue weighted by atomic mass is 16.5. The fraction of sp³-hybridized carbons (Fsp3) is 0.375. The summed E-state index contributed by atoms with van der Waals surface area (Å²) in [6, 6.07) is 10.5. The first-order valence-electron chi connectivity index (χ1n) is 10.0. The Kier molecular flexibility index (Phi) is 6.37. The summed E-state index contributed by atoms with van der Waals surface area (Å²) in [6.07, 6.45) is 3.67. The second-order valence-corrected chi connectivity index (χ2v) is 8.45. The van der Waals surface area contributed by atoms with Gasteiger partial charge in [-0.15, -0.1) is 0 Å². The van der Waals surface area contributed by atoms with E-state index < -0.39 is 17.7 Å². The average molecular weight is 408 g/mol. The summed E-state index contributed by atoms with van der Waals surface area (Å²) in [7, 11) is 1.60. The Morgan fingerprint density at radius 3 is 2.30 bits per heavy atom. The maximum absolute atomic E-state index is 12.9. The standard InChI is InChI=1S/C24H28N2O4/c1-24(2,3)18-8-6-16(7-9-18)20-19(21(27)17-10-12-25-13-11-17)22(28)23(29)26(20)14-5-15-30-4/h6-13,20,27H,5,14-15H2,1-4H3/b21-19-. The minimum atomic E-state index is -0.674. The van der Waals surface area contributed by atoms with Gasteiger partial charge in [0.25, 0.3) is 11.7 Å². The first-order valence-corrected chi connectivity index (χ1v) is 10.0. The SMILES string of the molecule is COCCCN1C(=O)C(=O)/C(=C(\O)c2ccncc2)C1c1ccc(C(C)(C)C)cc1. The van der Waals surface area contributed by atoms with Gasteiger partial charge in [-0.1, -0.05) is 45.0 Å². The van der Waals surface area contributed by atoms with Crippen molar-refractivity contribution in [2.75, 3.05) is 20.3 Å². The molecule has 0 bridgehead atoms. The highest BCUT2D eigenvalue weighted by Crippen LogP contribution is 2.39. The number of aliphatic hydroxyl groups excluding tert-OH is 1. The van der Waals surface area contributed by atoms with Gasteiger partial charge in [0, 0.05) is 38.2 Å². The van der Waals surface area contributed by atoms with Crippen LogP contribution >= 0.6 is 0 Å². The molecule has 3 rings (SSSR count). The van der Waals surface area contributed by atoms with Crippen molar-refractivity contribution < 1.29 is 19.4 Å². The minimum absolute atomic E-state index is 0.0180. The topological polar surface area (TPSA) is 79.7 Å². The second kappa shape index (κ2) is 8.79. The van der Waals surface area contributed by atoms with Gasteiger partial charge in [0.15, 0.2) is 0 Å². The molecule has 1 fully saturated rings. The third-order valence-corrected chi connectivity index (χ3v) is 5.33. The van der Waals surface area contributed by atoms with Gasteiger partial charge in [-0.3, -0.25) is 14.6 Å². The number of likely N-dealkylation sites (tertiary alicyclic amines) is 1. The zero-order chi connectivity index (χ0) is 21.9. The number of nitrogens with zero attached hydrogens (tertiary/aromatic N) is 2. The number of pyridine rings is 1. The molecule has 1 unspecified atom stereocenters. The second-order valence-electron chi connectivity index (χ2n) is 8.45. The summed E-state index contributed by atoms with van der Waals surface area (Å²) in [4.78, 5) is 31.2. The van der Waals surface area contributed by atoms with Crippen molar-refractivity contribution >= 4 is 17.4 Å². The summed E-state index contributed by atoms with van der Waals surface area (Å²) < 4.78 is 5.11. The van der Waals surface area contributed by atoms with Crippen LogP contribution in [0, 0.1) is 0 Å². The molecule has 0 aliphatic carbocycles. The van der Waals surface area contributed by atoms with Crippen LogP contribution < -0.4 is 0 Å². The number of aromatic nitrogens is 1. The zero-order valence-electron chi connectivity index (χ0n) is 17.9. The molecule has 30 heavy (non-hydrogen) atoms. The van der Waals surface area contributed by atoms with Gasteiger partial charge < -0.3 is 14.7 Å². The number of aliphatic hydroxyl groups is 1. The van der Waals surface area contributed by atoms with Gasteiger partial charge >= 0.3 is 0 Å². The number of rotatable bonds is 6. The van der Waals surface area contributed by atoms with E-state index in [1.54, 1.807) is 19.2 Å². The molecule has 158 valence electrons. The molecule has 0 spiro atoms. The monoisotopic (exact) mass is 408 g/mol. The van der Waals surface area contributed by atoms with Crippen LogP contribution in [0.25, 0.3) is 5.76 Å². The lowest BCUT2D eigenvalue weighted by atomic mass is 9.85. The Hall–Kier alpha value is -2.99. The fourth-order valence-corrected chi connectivity index (χ4v) is 3.67. The number of benzene rings is 1. The number of ether oxygens (including phenoxy) is 1. The lowest BCUT2D eigenvalue weighted by molar-refractivity contribution is -0.140. The highest BCUT2D eigenvalue weighted by Gasteiger charge is 2.45. The van der Waals surface area contributed by atoms with Crippen LogP contribution in [0.1, 0.15) is 49.9 Å². The van der Waals surface area contributed by atoms with Crippen LogP contribution in [0.15, 0.2) is 54.4 Å². The summed E-state index contributed by atoms with van der Waals surface area (Å²) in [5.41, 5.74) is 2.48. The minimum Gasteiger partial charge on any atom is -0.507 e. The molecule has 0 saturated carbocycles. The van der Waals surface area contributed by atoms with Crippen LogP contribution in [-0.2, 0) is 19.7 Å². The lowest BCUT2D eigenvalue weighted by Crippen LogP contribution is -2.31. The number of hydrogen-bond donors (Lipinski definition) is 1. The van der Waals surface area contributed by atoms with Crippen LogP contribution in [-0.4, -0.2) is 46.9 Å². The van der Waals surface area contributed by atoms with Crippen LogP contribution in [0.4, 0.5) is 0 Å². The number of carbonyl (C=O) groups excluding carboxylic acids is 2. The third-order valence-electron chi connectivity index (χ3n) is 5.33. The first-order chi connectivity index (χ1) is 14.3. The fourth-order valence-electron chi connectivity index (χ4n) is 3.67. The number of methoxy groups -OCH3 is 1. The number of amides is 1. The molecule has 0 radical (unpaired) electrons. The number of Topliss-reactive ketones (excluding diaryl/α,β-unsaturated/α-hetero) is 1. The molecule has 1 atom stereocenters. The summed E-state index contributed by atoms with van der Waals surface area (Å²) in [5.74, 6) is -1.46. The van der Waals surface area contributed by atoms with Crippen LogP contribution in [0.3, 0.4) is 0 Å². The Bertz CT molecular complexity index is 943. The molecule has 1 aromatic heterocycles. The number of ketones is 1. The average Bonchev–Trinajstić information content (AvgIpc) is 2.98. The molecule has 1 aromatic carbocycles. The van der Waals surface area contributed by atoms with E-state index in [-0.39, 0.29) is 16.7 Å². The molecule has 1 saturated heterocycles. The maximum atomic E-state index is 12.9. The summed E-state index contributed by atoms with van der Waals surface area (Å²) >= 11 is 0. The normalized spacial score (nSPS) is 18.8. The predicted octanol–water partition coefficient (Wildman–Crippen LogP) is 3.84. The van der Waals surface area contributed by atoms with Gasteiger partial charge in [0.1, 0.15) is 5.76 Å². The Balaban J connectivity index is 2.10. The molecule has 1 aliphatic rings. The highest BCUT2D eigenvalue weighted by molar-refractivity contribution is 6.46. The molecule has 6 nitrogen and oxygen atoms in total. The van der Waals surface area contributed by atoms with Crippen LogP contribution in [0.2, 0.25) is 0 Å². The van der Waals surface area contributed by atoms with Gasteiger partial charge in [0.2, 0.25) is 0 Å². The first kappa shape index (κ1) is 21.7. The molecule has 1 amide bonds. The van der Waals surface area contributed by atoms with Crippen molar-refractivity contribution in [3.63, 3.8) is 0 Å². The quantitative estimate of drug-likeness (QED) is 0.340. The number of hydrogen-bond acceptors (Lipinski definition) is 5. The Morgan fingerprint density at radius 1 is 1.10 bits per heavy atom. The van der Waals surface area contributed by atoms with E-state index >= 15 is 0 Å². The van der Waals surface area contributed by atoms with Gasteiger partial charge in [-0.2, -0.15) is 0 Å².